The van der Waals surface area contributed by atoms with Gasteiger partial charge in [-0.1, -0.05) is 18.2 Å². The van der Waals surface area contributed by atoms with Crippen molar-refractivity contribution < 1.29 is 0 Å². The first-order valence-electron chi connectivity index (χ1n) is 6.06. The minimum absolute atomic E-state index is 0.486. The monoisotopic (exact) mass is 219 g/mol. The van der Waals surface area contributed by atoms with Crippen LogP contribution in [0.25, 0.3) is 0 Å². The van der Waals surface area contributed by atoms with Gasteiger partial charge in [0, 0.05) is 30.9 Å². The minimum Gasteiger partial charge on any atom is -0.398 e. The minimum atomic E-state index is 0.486. The molecule has 2 rings (SSSR count). The number of hydrogen-bond acceptors (Lipinski definition) is 3. The summed E-state index contributed by atoms with van der Waals surface area (Å²) in [5.74, 6) is 0. The summed E-state index contributed by atoms with van der Waals surface area (Å²) in [6.07, 6.45) is 2.69. The summed E-state index contributed by atoms with van der Waals surface area (Å²) in [4.78, 5) is 0. The Bertz CT molecular complexity index is 334. The van der Waals surface area contributed by atoms with Gasteiger partial charge in [-0.2, -0.15) is 0 Å². The zero-order chi connectivity index (χ0) is 11.4. The Morgan fingerprint density at radius 2 is 2.12 bits per heavy atom. The maximum atomic E-state index is 5.88. The summed E-state index contributed by atoms with van der Waals surface area (Å²) in [6, 6.07) is 9.29. The third kappa shape index (κ3) is 3.51. The molecule has 16 heavy (non-hydrogen) atoms. The molecule has 3 nitrogen and oxygen atoms in total. The fourth-order valence-corrected chi connectivity index (χ4v) is 1.68. The third-order valence-electron chi connectivity index (χ3n) is 2.99. The molecular weight excluding hydrogens is 198 g/mol. The number of nitrogens with one attached hydrogen (secondary N) is 2. The Morgan fingerprint density at radius 3 is 2.81 bits per heavy atom. The average Bonchev–Trinajstić information content (AvgIpc) is 3.09. The largest absolute Gasteiger partial charge is 0.398 e. The van der Waals surface area contributed by atoms with Crippen LogP contribution in [0.3, 0.4) is 0 Å². The molecule has 0 radical (unpaired) electrons. The molecule has 4 N–H and O–H groups in total. The summed E-state index contributed by atoms with van der Waals surface area (Å²) in [5.41, 5.74) is 7.94. The van der Waals surface area contributed by atoms with Gasteiger partial charge in [0.25, 0.3) is 0 Å². The lowest BCUT2D eigenvalue weighted by atomic mass is 10.1. The average molecular weight is 219 g/mol. The lowest BCUT2D eigenvalue weighted by molar-refractivity contribution is 0.500. The predicted octanol–water partition coefficient (Wildman–Crippen LogP) is 1.50. The van der Waals surface area contributed by atoms with Crippen LogP contribution in [0.5, 0.6) is 0 Å². The number of nitrogen functional groups attached to an aromatic ring is 1. The number of anilines is 1. The van der Waals surface area contributed by atoms with Gasteiger partial charge in [0.2, 0.25) is 0 Å². The van der Waals surface area contributed by atoms with E-state index in [1.54, 1.807) is 0 Å². The van der Waals surface area contributed by atoms with Crippen molar-refractivity contribution in [1.82, 2.24) is 10.6 Å². The van der Waals surface area contributed by atoms with Crippen LogP contribution in [-0.4, -0.2) is 18.6 Å². The second-order valence-corrected chi connectivity index (χ2v) is 4.66. The van der Waals surface area contributed by atoms with Gasteiger partial charge in [0.1, 0.15) is 0 Å². The highest BCUT2D eigenvalue weighted by atomic mass is 15.0. The molecule has 0 aromatic heterocycles. The highest BCUT2D eigenvalue weighted by Crippen LogP contribution is 2.18. The number of para-hydroxylation sites is 1. The van der Waals surface area contributed by atoms with E-state index in [0.29, 0.717) is 6.04 Å². The molecule has 1 saturated carbocycles. The second kappa shape index (κ2) is 5.32. The van der Waals surface area contributed by atoms with Crippen LogP contribution >= 0.6 is 0 Å². The maximum absolute atomic E-state index is 5.88. The van der Waals surface area contributed by atoms with Gasteiger partial charge in [0.15, 0.2) is 0 Å². The van der Waals surface area contributed by atoms with Crippen LogP contribution < -0.4 is 16.4 Å². The predicted molar refractivity (Wildman–Crippen MR) is 68.2 cm³/mol. The van der Waals surface area contributed by atoms with Crippen molar-refractivity contribution in [2.75, 3.05) is 12.3 Å². The zero-order valence-corrected chi connectivity index (χ0v) is 9.87. The molecule has 1 fully saturated rings. The Kier molecular flexibility index (Phi) is 3.80. The molecule has 1 aromatic carbocycles. The van der Waals surface area contributed by atoms with Gasteiger partial charge in [-0.3, -0.25) is 0 Å². The van der Waals surface area contributed by atoms with E-state index in [0.717, 1.165) is 24.8 Å². The molecule has 1 aromatic rings. The van der Waals surface area contributed by atoms with Crippen molar-refractivity contribution in [2.45, 2.75) is 38.4 Å². The van der Waals surface area contributed by atoms with E-state index in [1.807, 2.05) is 18.2 Å². The summed E-state index contributed by atoms with van der Waals surface area (Å²) in [7, 11) is 0. The fourth-order valence-electron chi connectivity index (χ4n) is 1.68. The molecule has 0 amide bonds. The van der Waals surface area contributed by atoms with Crippen molar-refractivity contribution in [3.63, 3.8) is 0 Å². The van der Waals surface area contributed by atoms with Gasteiger partial charge in [-0.25, -0.2) is 0 Å². The summed E-state index contributed by atoms with van der Waals surface area (Å²) in [6.45, 7) is 4.09. The first-order valence-corrected chi connectivity index (χ1v) is 6.06. The zero-order valence-electron chi connectivity index (χ0n) is 9.87. The normalized spacial score (nSPS) is 17.3. The molecule has 1 aliphatic carbocycles. The first-order chi connectivity index (χ1) is 7.75. The molecule has 0 bridgehead atoms. The molecule has 0 heterocycles. The fraction of sp³-hybridized carbons (Fsp3) is 0.538. The van der Waals surface area contributed by atoms with Crippen LogP contribution in [0.15, 0.2) is 24.3 Å². The Balaban J connectivity index is 1.71. The number of hydrogen-bond donors (Lipinski definition) is 3. The summed E-state index contributed by atoms with van der Waals surface area (Å²) >= 11 is 0. The molecular formula is C13H21N3. The van der Waals surface area contributed by atoms with Gasteiger partial charge in [-0.15, -0.1) is 0 Å². The van der Waals surface area contributed by atoms with Crippen LogP contribution in [0.4, 0.5) is 5.69 Å². The van der Waals surface area contributed by atoms with Gasteiger partial charge >= 0.3 is 0 Å². The van der Waals surface area contributed by atoms with E-state index in [4.69, 9.17) is 5.73 Å². The molecule has 0 aliphatic heterocycles. The van der Waals surface area contributed by atoms with E-state index >= 15 is 0 Å². The van der Waals surface area contributed by atoms with E-state index in [9.17, 15) is 0 Å². The van der Waals surface area contributed by atoms with Crippen LogP contribution in [0.2, 0.25) is 0 Å². The maximum Gasteiger partial charge on any atom is 0.0359 e. The van der Waals surface area contributed by atoms with Crippen molar-refractivity contribution in [1.29, 1.82) is 0 Å². The van der Waals surface area contributed by atoms with Crippen molar-refractivity contribution in [2.24, 2.45) is 0 Å². The van der Waals surface area contributed by atoms with Gasteiger partial charge < -0.3 is 16.4 Å². The van der Waals surface area contributed by atoms with Crippen LogP contribution in [-0.2, 0) is 6.54 Å². The van der Waals surface area contributed by atoms with E-state index in [2.05, 4.69) is 23.6 Å². The quantitative estimate of drug-likeness (QED) is 0.635. The lowest BCUT2D eigenvalue weighted by Crippen LogP contribution is -2.36. The number of rotatable bonds is 6. The molecule has 1 aliphatic rings. The van der Waals surface area contributed by atoms with E-state index < -0.39 is 0 Å². The second-order valence-electron chi connectivity index (χ2n) is 4.66. The third-order valence-corrected chi connectivity index (χ3v) is 2.99. The smallest absolute Gasteiger partial charge is 0.0359 e. The Hall–Kier alpha value is -1.06. The highest BCUT2D eigenvalue weighted by molar-refractivity contribution is 5.46. The molecule has 3 heteroatoms. The topological polar surface area (TPSA) is 50.1 Å². The number of benzene rings is 1. The Labute approximate surface area is 97.4 Å². The first kappa shape index (κ1) is 11.4. The molecule has 88 valence electrons. The molecule has 1 unspecified atom stereocenters. The van der Waals surface area contributed by atoms with Crippen molar-refractivity contribution in [3.8, 4) is 0 Å². The molecule has 0 spiro atoms. The number of nitrogens with two attached hydrogens (primary N) is 1. The SMILES string of the molecule is CC(CNC1CC1)NCc1ccccc1N. The van der Waals surface area contributed by atoms with E-state index in [1.165, 1.54) is 18.4 Å². The van der Waals surface area contributed by atoms with Crippen molar-refractivity contribution in [3.05, 3.63) is 29.8 Å². The van der Waals surface area contributed by atoms with Crippen LogP contribution in [0.1, 0.15) is 25.3 Å². The summed E-state index contributed by atoms with van der Waals surface area (Å²) < 4.78 is 0. The summed E-state index contributed by atoms with van der Waals surface area (Å²) in [5, 5.41) is 6.99. The highest BCUT2D eigenvalue weighted by Gasteiger charge is 2.20. The standard InChI is InChI=1S/C13H21N3/c1-10(8-16-12-6-7-12)15-9-11-4-2-3-5-13(11)14/h2-5,10,12,15-16H,6-9,14H2,1H3. The van der Waals surface area contributed by atoms with Crippen LogP contribution in [0, 0.1) is 0 Å². The Morgan fingerprint density at radius 1 is 1.38 bits per heavy atom. The van der Waals surface area contributed by atoms with Gasteiger partial charge in [0.05, 0.1) is 0 Å². The van der Waals surface area contributed by atoms with Gasteiger partial charge in [-0.05, 0) is 31.4 Å². The molecule has 0 saturated heterocycles. The van der Waals surface area contributed by atoms with E-state index in [-0.39, 0.29) is 0 Å². The lowest BCUT2D eigenvalue weighted by Gasteiger charge is -2.15. The van der Waals surface area contributed by atoms with Crippen molar-refractivity contribution >= 4 is 5.69 Å². The molecule has 1 atom stereocenters.